The van der Waals surface area contributed by atoms with Crippen molar-refractivity contribution in [2.24, 2.45) is 5.73 Å². The van der Waals surface area contributed by atoms with Gasteiger partial charge in [-0.1, -0.05) is 18.2 Å². The van der Waals surface area contributed by atoms with E-state index in [1.807, 2.05) is 42.5 Å². The average molecular weight is 335 g/mol. The third-order valence-electron chi connectivity index (χ3n) is 2.70. The Morgan fingerprint density at radius 2 is 2.05 bits per heavy atom. The number of rotatable bonds is 3. The molecule has 0 amide bonds. The Morgan fingerprint density at radius 3 is 2.79 bits per heavy atom. The van der Waals surface area contributed by atoms with Crippen LogP contribution in [0.4, 0.5) is 0 Å². The van der Waals surface area contributed by atoms with Crippen molar-refractivity contribution in [1.29, 1.82) is 0 Å². The summed E-state index contributed by atoms with van der Waals surface area (Å²) < 4.78 is 6.69. The molecule has 2 aromatic carbocycles. The minimum Gasteiger partial charge on any atom is -0.431 e. The molecule has 3 rings (SSSR count). The van der Waals surface area contributed by atoms with E-state index in [0.717, 1.165) is 26.0 Å². The molecule has 0 fully saturated rings. The molecule has 5 heteroatoms. The monoisotopic (exact) mass is 334 g/mol. The molecule has 1 heterocycles. The highest BCUT2D eigenvalue weighted by Gasteiger charge is 2.09. The first-order valence-corrected chi connectivity index (χ1v) is 7.39. The zero-order chi connectivity index (χ0) is 13.2. The Bertz CT molecular complexity index is 693. The largest absolute Gasteiger partial charge is 0.431 e. The molecule has 96 valence electrons. The van der Waals surface area contributed by atoms with Crippen molar-refractivity contribution in [3.63, 3.8) is 0 Å². The van der Waals surface area contributed by atoms with E-state index < -0.39 is 0 Å². The number of para-hydroxylation sites is 2. The van der Waals surface area contributed by atoms with Crippen molar-refractivity contribution in [3.8, 4) is 0 Å². The van der Waals surface area contributed by atoms with Gasteiger partial charge in [0.15, 0.2) is 5.58 Å². The normalized spacial score (nSPS) is 11.1. The zero-order valence-corrected chi connectivity index (χ0v) is 12.4. The van der Waals surface area contributed by atoms with Crippen molar-refractivity contribution in [2.75, 3.05) is 0 Å². The number of benzene rings is 2. The Hall–Kier alpha value is -1.30. The van der Waals surface area contributed by atoms with Gasteiger partial charge in [-0.2, -0.15) is 0 Å². The van der Waals surface area contributed by atoms with E-state index in [4.69, 9.17) is 10.2 Å². The van der Waals surface area contributed by atoms with Gasteiger partial charge in [0, 0.05) is 15.9 Å². The fourth-order valence-corrected chi connectivity index (χ4v) is 3.17. The van der Waals surface area contributed by atoms with Crippen LogP contribution in [0.25, 0.3) is 11.1 Å². The van der Waals surface area contributed by atoms with Crippen LogP contribution in [0.5, 0.6) is 0 Å². The van der Waals surface area contributed by atoms with Crippen molar-refractivity contribution >= 4 is 38.8 Å². The van der Waals surface area contributed by atoms with Crippen LogP contribution < -0.4 is 5.73 Å². The Labute approximate surface area is 123 Å². The van der Waals surface area contributed by atoms with Crippen LogP contribution in [0.3, 0.4) is 0 Å². The van der Waals surface area contributed by atoms with E-state index in [9.17, 15) is 0 Å². The maximum absolute atomic E-state index is 5.69. The third kappa shape index (κ3) is 2.68. The lowest BCUT2D eigenvalue weighted by Crippen LogP contribution is -1.95. The molecule has 3 nitrogen and oxygen atoms in total. The molecule has 0 aliphatic rings. The average Bonchev–Trinajstić information content (AvgIpc) is 2.83. The van der Waals surface area contributed by atoms with Gasteiger partial charge in [0.1, 0.15) is 5.52 Å². The van der Waals surface area contributed by atoms with Gasteiger partial charge in [-0.25, -0.2) is 4.98 Å². The third-order valence-corrected chi connectivity index (χ3v) is 4.55. The van der Waals surface area contributed by atoms with Gasteiger partial charge in [-0.05, 0) is 57.5 Å². The molecule has 0 saturated carbocycles. The second-order valence-electron chi connectivity index (χ2n) is 4.02. The number of aromatic nitrogens is 1. The summed E-state index contributed by atoms with van der Waals surface area (Å²) in [5.41, 5.74) is 8.39. The molecular weight excluding hydrogens is 324 g/mol. The topological polar surface area (TPSA) is 52.0 Å². The fraction of sp³-hybridized carbons (Fsp3) is 0.0714. The molecule has 0 bridgehead atoms. The predicted molar refractivity (Wildman–Crippen MR) is 80.2 cm³/mol. The molecule has 0 radical (unpaired) electrons. The first-order valence-electron chi connectivity index (χ1n) is 5.78. The molecule has 0 aliphatic heterocycles. The Kier molecular flexibility index (Phi) is 3.59. The van der Waals surface area contributed by atoms with Crippen LogP contribution in [0.1, 0.15) is 5.56 Å². The molecule has 0 atom stereocenters. The smallest absolute Gasteiger partial charge is 0.261 e. The number of nitrogens with zero attached hydrogens (tertiary/aromatic N) is 1. The van der Waals surface area contributed by atoms with Gasteiger partial charge in [0.2, 0.25) is 0 Å². The molecule has 0 saturated heterocycles. The number of fused-ring (bicyclic) bond motifs is 1. The van der Waals surface area contributed by atoms with E-state index in [0.29, 0.717) is 11.8 Å². The van der Waals surface area contributed by atoms with Crippen molar-refractivity contribution < 1.29 is 4.42 Å². The number of nitrogens with two attached hydrogens (primary N) is 1. The van der Waals surface area contributed by atoms with Gasteiger partial charge in [0.25, 0.3) is 5.22 Å². The maximum atomic E-state index is 5.69. The van der Waals surface area contributed by atoms with Gasteiger partial charge in [-0.3, -0.25) is 0 Å². The summed E-state index contributed by atoms with van der Waals surface area (Å²) in [7, 11) is 0. The van der Waals surface area contributed by atoms with Gasteiger partial charge in [0.05, 0.1) is 0 Å². The fourth-order valence-electron chi connectivity index (χ4n) is 1.74. The van der Waals surface area contributed by atoms with E-state index in [1.54, 1.807) is 0 Å². The highest BCUT2D eigenvalue weighted by Crippen LogP contribution is 2.34. The summed E-state index contributed by atoms with van der Waals surface area (Å²) in [5.74, 6) is 0. The van der Waals surface area contributed by atoms with E-state index in [1.165, 1.54) is 11.8 Å². The molecule has 2 N–H and O–H groups in total. The summed E-state index contributed by atoms with van der Waals surface area (Å²) in [5, 5.41) is 0.641. The second-order valence-corrected chi connectivity index (χ2v) is 5.87. The Morgan fingerprint density at radius 1 is 1.21 bits per heavy atom. The van der Waals surface area contributed by atoms with Crippen LogP contribution in [0, 0.1) is 0 Å². The van der Waals surface area contributed by atoms with Gasteiger partial charge in [-0.15, -0.1) is 0 Å². The highest BCUT2D eigenvalue weighted by molar-refractivity contribution is 9.10. The lowest BCUT2D eigenvalue weighted by molar-refractivity contribution is 0.489. The standard InChI is InChI=1S/C14H11BrN2OS/c15-10-7-9(8-16)5-6-13(10)19-14-17-11-3-1-2-4-12(11)18-14/h1-7H,8,16H2. The van der Waals surface area contributed by atoms with Gasteiger partial charge < -0.3 is 10.2 Å². The molecular formula is C14H11BrN2OS. The highest BCUT2D eigenvalue weighted by atomic mass is 79.9. The van der Waals surface area contributed by atoms with Crippen LogP contribution in [-0.4, -0.2) is 4.98 Å². The Balaban J connectivity index is 1.92. The van der Waals surface area contributed by atoms with Crippen molar-refractivity contribution in [1.82, 2.24) is 4.98 Å². The number of halogens is 1. The van der Waals surface area contributed by atoms with E-state index in [2.05, 4.69) is 20.9 Å². The summed E-state index contributed by atoms with van der Waals surface area (Å²) in [6.45, 7) is 0.534. The molecule has 1 aromatic heterocycles. The first-order chi connectivity index (χ1) is 9.26. The lowest BCUT2D eigenvalue weighted by Gasteiger charge is -2.03. The first kappa shape index (κ1) is 12.7. The van der Waals surface area contributed by atoms with Crippen molar-refractivity contribution in [2.45, 2.75) is 16.7 Å². The maximum Gasteiger partial charge on any atom is 0.261 e. The summed E-state index contributed by atoms with van der Waals surface area (Å²) >= 11 is 5.04. The van der Waals surface area contributed by atoms with E-state index >= 15 is 0 Å². The molecule has 0 spiro atoms. The molecule has 19 heavy (non-hydrogen) atoms. The number of hydrogen-bond acceptors (Lipinski definition) is 4. The summed E-state index contributed by atoms with van der Waals surface area (Å²) in [6, 6.07) is 13.8. The van der Waals surface area contributed by atoms with Gasteiger partial charge >= 0.3 is 0 Å². The van der Waals surface area contributed by atoms with E-state index in [-0.39, 0.29) is 0 Å². The summed E-state index contributed by atoms with van der Waals surface area (Å²) in [6.07, 6.45) is 0. The molecule has 0 unspecified atom stereocenters. The zero-order valence-electron chi connectivity index (χ0n) is 9.97. The minimum atomic E-state index is 0.534. The van der Waals surface area contributed by atoms with Crippen LogP contribution in [-0.2, 0) is 6.54 Å². The quantitative estimate of drug-likeness (QED) is 0.779. The number of hydrogen-bond donors (Lipinski definition) is 1. The molecule has 0 aliphatic carbocycles. The predicted octanol–water partition coefficient (Wildman–Crippen LogP) is 4.20. The lowest BCUT2D eigenvalue weighted by atomic mass is 10.2. The number of oxazole rings is 1. The SMILES string of the molecule is NCc1ccc(Sc2nc3ccccc3o2)c(Br)c1. The minimum absolute atomic E-state index is 0.534. The van der Waals surface area contributed by atoms with Crippen LogP contribution in [0.2, 0.25) is 0 Å². The molecule has 3 aromatic rings. The van der Waals surface area contributed by atoms with Crippen molar-refractivity contribution in [3.05, 3.63) is 52.5 Å². The van der Waals surface area contributed by atoms with Crippen LogP contribution in [0.15, 0.2) is 61.5 Å². The second kappa shape index (κ2) is 5.36. The summed E-state index contributed by atoms with van der Waals surface area (Å²) in [4.78, 5) is 5.50. The van der Waals surface area contributed by atoms with Crippen LogP contribution >= 0.6 is 27.7 Å².